The van der Waals surface area contributed by atoms with Crippen molar-refractivity contribution in [3.63, 3.8) is 0 Å². The molecular weight excluding hydrogens is 435 g/mol. The molecular formula is C14H10BrClF3NO3S. The maximum atomic E-state index is 13.3. The van der Waals surface area contributed by atoms with Crippen LogP contribution < -0.4 is 10.5 Å². The first-order valence-electron chi connectivity index (χ1n) is 6.34. The fraction of sp³-hybridized carbons (Fsp3) is 0.143. The van der Waals surface area contributed by atoms with Crippen molar-refractivity contribution in [2.45, 2.75) is 17.2 Å². The van der Waals surface area contributed by atoms with Gasteiger partial charge in [0.15, 0.2) is 0 Å². The predicted molar refractivity (Wildman–Crippen MR) is 86.7 cm³/mol. The Morgan fingerprint density at radius 2 is 1.92 bits per heavy atom. The molecule has 0 aliphatic carbocycles. The van der Waals surface area contributed by atoms with Crippen LogP contribution in [0.5, 0.6) is 11.5 Å². The molecule has 0 saturated heterocycles. The molecule has 10 heteroatoms. The van der Waals surface area contributed by atoms with Crippen molar-refractivity contribution in [3.05, 3.63) is 51.2 Å². The minimum atomic E-state index is -4.83. The Hall–Kier alpha value is -1.29. The van der Waals surface area contributed by atoms with E-state index in [1.54, 1.807) is 0 Å². The number of benzene rings is 2. The van der Waals surface area contributed by atoms with E-state index in [0.29, 0.717) is 0 Å². The van der Waals surface area contributed by atoms with Crippen molar-refractivity contribution >= 4 is 37.4 Å². The second-order valence-electron chi connectivity index (χ2n) is 4.57. The van der Waals surface area contributed by atoms with E-state index in [2.05, 4.69) is 15.9 Å². The topological polar surface area (TPSA) is 69.4 Å². The van der Waals surface area contributed by atoms with Crippen LogP contribution in [0.2, 0.25) is 5.02 Å². The molecule has 0 heterocycles. The molecule has 130 valence electrons. The summed E-state index contributed by atoms with van der Waals surface area (Å²) in [6.07, 6.45) is 0. The summed E-state index contributed by atoms with van der Waals surface area (Å²) in [4.78, 5) is -0.600. The molecule has 0 bridgehead atoms. The van der Waals surface area contributed by atoms with Gasteiger partial charge in [0.05, 0.1) is 9.37 Å². The molecule has 0 saturated carbocycles. The van der Waals surface area contributed by atoms with Crippen molar-refractivity contribution in [3.8, 4) is 11.5 Å². The summed E-state index contributed by atoms with van der Waals surface area (Å²) >= 11 is 8.81. The number of ether oxygens (including phenoxy) is 1. The van der Waals surface area contributed by atoms with Crippen LogP contribution in [0.1, 0.15) is 5.56 Å². The molecule has 0 atom stereocenters. The van der Waals surface area contributed by atoms with Crippen LogP contribution in [-0.2, 0) is 16.4 Å². The van der Waals surface area contributed by atoms with Gasteiger partial charge in [0, 0.05) is 23.2 Å². The third kappa shape index (κ3) is 3.85. The molecule has 24 heavy (non-hydrogen) atoms. The van der Waals surface area contributed by atoms with Crippen LogP contribution in [-0.4, -0.2) is 14.2 Å². The maximum Gasteiger partial charge on any atom is 0.341 e. The van der Waals surface area contributed by atoms with Crippen molar-refractivity contribution in [1.29, 1.82) is 0 Å². The Labute approximate surface area is 149 Å². The summed E-state index contributed by atoms with van der Waals surface area (Å²) in [5.74, 6) is -4.09. The van der Waals surface area contributed by atoms with Crippen molar-refractivity contribution in [2.75, 3.05) is 0 Å². The molecule has 0 aliphatic heterocycles. The van der Waals surface area contributed by atoms with Gasteiger partial charge >= 0.3 is 5.76 Å². The van der Waals surface area contributed by atoms with Crippen LogP contribution in [0.3, 0.4) is 0 Å². The molecule has 0 spiro atoms. The standard InChI is InChI=1S/C14H10BrClF3NO3S/c15-13-10(6-20)12(24(21,22)14(18)19)2-1-11(13)23-9-4-7(16)3-8(17)5-9/h1-5,14H,6,20H2. The minimum absolute atomic E-state index is 0.0492. The van der Waals surface area contributed by atoms with Gasteiger partial charge in [-0.25, -0.2) is 12.8 Å². The first-order valence-corrected chi connectivity index (χ1v) is 9.06. The summed E-state index contributed by atoms with van der Waals surface area (Å²) in [7, 11) is -4.83. The average molecular weight is 445 g/mol. The molecule has 2 aromatic rings. The van der Waals surface area contributed by atoms with E-state index < -0.39 is 26.3 Å². The number of nitrogens with two attached hydrogens (primary N) is 1. The monoisotopic (exact) mass is 443 g/mol. The van der Waals surface area contributed by atoms with Gasteiger partial charge in [0.25, 0.3) is 0 Å². The number of alkyl halides is 2. The summed E-state index contributed by atoms with van der Waals surface area (Å²) in [6, 6.07) is 5.60. The minimum Gasteiger partial charge on any atom is -0.456 e. The van der Waals surface area contributed by atoms with Gasteiger partial charge in [-0.1, -0.05) is 11.6 Å². The lowest BCUT2D eigenvalue weighted by Gasteiger charge is -2.15. The largest absolute Gasteiger partial charge is 0.456 e. The van der Waals surface area contributed by atoms with E-state index in [1.165, 1.54) is 6.07 Å². The molecule has 4 nitrogen and oxygen atoms in total. The summed E-state index contributed by atoms with van der Waals surface area (Å²) in [5, 5.41) is 0.0945. The highest BCUT2D eigenvalue weighted by molar-refractivity contribution is 9.10. The van der Waals surface area contributed by atoms with E-state index in [9.17, 15) is 21.6 Å². The predicted octanol–water partition coefficient (Wildman–Crippen LogP) is 4.49. The smallest absolute Gasteiger partial charge is 0.341 e. The number of rotatable bonds is 5. The van der Waals surface area contributed by atoms with Gasteiger partial charge in [0.1, 0.15) is 17.3 Å². The van der Waals surface area contributed by atoms with Crippen LogP contribution in [0.4, 0.5) is 13.2 Å². The van der Waals surface area contributed by atoms with Crippen molar-refractivity contribution in [2.24, 2.45) is 5.73 Å². The van der Waals surface area contributed by atoms with Crippen LogP contribution in [0.25, 0.3) is 0 Å². The first-order chi connectivity index (χ1) is 11.2. The lowest BCUT2D eigenvalue weighted by Crippen LogP contribution is -2.15. The van der Waals surface area contributed by atoms with Gasteiger partial charge in [-0.3, -0.25) is 0 Å². The van der Waals surface area contributed by atoms with Gasteiger partial charge in [0.2, 0.25) is 9.84 Å². The van der Waals surface area contributed by atoms with Crippen LogP contribution >= 0.6 is 27.5 Å². The van der Waals surface area contributed by atoms with Crippen molar-refractivity contribution in [1.82, 2.24) is 0 Å². The van der Waals surface area contributed by atoms with Gasteiger partial charge in [-0.15, -0.1) is 0 Å². The highest BCUT2D eigenvalue weighted by Crippen LogP contribution is 2.37. The Balaban J connectivity index is 2.51. The van der Waals surface area contributed by atoms with Gasteiger partial charge in [-0.2, -0.15) is 8.78 Å². The SMILES string of the molecule is NCc1c(S(=O)(=O)C(F)F)ccc(Oc2cc(F)cc(Cl)c2)c1Br. The third-order valence-corrected chi connectivity index (χ3v) is 5.53. The summed E-state index contributed by atoms with van der Waals surface area (Å²) in [5.41, 5.74) is 5.41. The van der Waals surface area contributed by atoms with Crippen LogP contribution in [0.15, 0.2) is 39.7 Å². The molecule has 0 fully saturated rings. The molecule has 2 N–H and O–H groups in total. The van der Waals surface area contributed by atoms with E-state index >= 15 is 0 Å². The highest BCUT2D eigenvalue weighted by Gasteiger charge is 2.30. The van der Waals surface area contributed by atoms with Gasteiger partial charge in [-0.05, 0) is 40.2 Å². The highest BCUT2D eigenvalue weighted by atomic mass is 79.9. The number of halogens is 5. The normalized spacial score (nSPS) is 11.8. The third-order valence-electron chi connectivity index (χ3n) is 2.97. The summed E-state index contributed by atoms with van der Waals surface area (Å²) in [6.45, 7) is -0.330. The average Bonchev–Trinajstić information content (AvgIpc) is 2.47. The van der Waals surface area contributed by atoms with Crippen LogP contribution in [0, 0.1) is 5.82 Å². The fourth-order valence-corrected chi connectivity index (χ4v) is 3.84. The Kier molecular flexibility index (Phi) is 5.79. The second kappa shape index (κ2) is 7.30. The zero-order valence-corrected chi connectivity index (χ0v) is 14.9. The lowest BCUT2D eigenvalue weighted by atomic mass is 10.2. The number of hydrogen-bond donors (Lipinski definition) is 1. The summed E-state index contributed by atoms with van der Waals surface area (Å²) < 4.78 is 67.7. The zero-order valence-electron chi connectivity index (χ0n) is 11.8. The fourth-order valence-electron chi connectivity index (χ4n) is 1.93. The lowest BCUT2D eigenvalue weighted by molar-refractivity contribution is 0.234. The van der Waals surface area contributed by atoms with Gasteiger partial charge < -0.3 is 10.5 Å². The first kappa shape index (κ1) is 19.0. The Morgan fingerprint density at radius 3 is 2.46 bits per heavy atom. The van der Waals surface area contributed by atoms with E-state index in [-0.39, 0.29) is 33.1 Å². The molecule has 0 amide bonds. The number of sulfone groups is 1. The number of hydrogen-bond acceptors (Lipinski definition) is 4. The maximum absolute atomic E-state index is 13.3. The Bertz CT molecular complexity index is 858. The molecule has 0 unspecified atom stereocenters. The van der Waals surface area contributed by atoms with E-state index in [1.807, 2.05) is 0 Å². The quantitative estimate of drug-likeness (QED) is 0.738. The van der Waals surface area contributed by atoms with Crippen molar-refractivity contribution < 1.29 is 26.3 Å². The second-order valence-corrected chi connectivity index (χ2v) is 7.69. The molecule has 0 aromatic heterocycles. The van der Waals surface area contributed by atoms with E-state index in [0.717, 1.165) is 24.3 Å². The molecule has 0 radical (unpaired) electrons. The van der Waals surface area contributed by atoms with E-state index in [4.69, 9.17) is 22.1 Å². The molecule has 2 rings (SSSR count). The Morgan fingerprint density at radius 1 is 1.25 bits per heavy atom. The molecule has 2 aromatic carbocycles. The zero-order chi connectivity index (χ0) is 18.1. The molecule has 0 aliphatic rings.